The van der Waals surface area contributed by atoms with Gasteiger partial charge in [0, 0.05) is 11.6 Å². The lowest BCUT2D eigenvalue weighted by Crippen LogP contribution is -2.30. The van der Waals surface area contributed by atoms with Crippen LogP contribution in [0, 0.1) is 13.8 Å². The fraction of sp³-hybridized carbons (Fsp3) is 0.278. The van der Waals surface area contributed by atoms with Gasteiger partial charge in [-0.3, -0.25) is 0 Å². The minimum atomic E-state index is -0.282. The van der Waals surface area contributed by atoms with Crippen molar-refractivity contribution < 1.29 is 9.53 Å². The smallest absolute Gasteiger partial charge is 0.319 e. The summed E-state index contributed by atoms with van der Waals surface area (Å²) >= 11 is 5.94. The van der Waals surface area contributed by atoms with E-state index in [9.17, 15) is 4.79 Å². The fourth-order valence-corrected chi connectivity index (χ4v) is 2.55. The number of anilines is 1. The number of hydrogen-bond acceptors (Lipinski definition) is 2. The standard InChI is InChI=1S/C18H21ClN2O2/c1-12-4-5-14(13(2)10-12)8-9-20-18(22)21-16-11-15(19)6-7-17(16)23-3/h4-7,10-11H,8-9H2,1-3H3,(H2,20,21,22). The van der Waals surface area contributed by atoms with E-state index in [1.165, 1.54) is 16.7 Å². The molecule has 0 fully saturated rings. The van der Waals surface area contributed by atoms with Gasteiger partial charge in [-0.2, -0.15) is 0 Å². The Hall–Kier alpha value is -2.20. The third-order valence-corrected chi connectivity index (χ3v) is 3.82. The average molecular weight is 333 g/mol. The van der Waals surface area contributed by atoms with Crippen LogP contribution >= 0.6 is 11.6 Å². The minimum absolute atomic E-state index is 0.282. The van der Waals surface area contributed by atoms with Gasteiger partial charge in [0.05, 0.1) is 12.8 Å². The molecule has 0 saturated heterocycles. The third kappa shape index (κ3) is 4.89. The lowest BCUT2D eigenvalue weighted by molar-refractivity contribution is 0.252. The molecule has 4 nitrogen and oxygen atoms in total. The van der Waals surface area contributed by atoms with Gasteiger partial charge in [0.25, 0.3) is 0 Å². The number of amides is 2. The largest absolute Gasteiger partial charge is 0.495 e. The van der Waals surface area contributed by atoms with Crippen LogP contribution in [-0.4, -0.2) is 19.7 Å². The normalized spacial score (nSPS) is 10.3. The van der Waals surface area contributed by atoms with Crippen LogP contribution < -0.4 is 15.4 Å². The molecule has 0 aliphatic carbocycles. The zero-order valence-corrected chi connectivity index (χ0v) is 14.3. The number of ether oxygens (including phenoxy) is 1. The zero-order valence-electron chi connectivity index (χ0n) is 13.6. The van der Waals surface area contributed by atoms with Crippen LogP contribution in [-0.2, 0) is 6.42 Å². The van der Waals surface area contributed by atoms with Gasteiger partial charge < -0.3 is 15.4 Å². The molecule has 0 spiro atoms. The summed E-state index contributed by atoms with van der Waals surface area (Å²) in [5.74, 6) is 0.568. The summed E-state index contributed by atoms with van der Waals surface area (Å²) in [6.07, 6.45) is 0.784. The predicted octanol–water partition coefficient (Wildman–Crippen LogP) is 4.33. The molecule has 0 aromatic heterocycles. The SMILES string of the molecule is COc1ccc(Cl)cc1NC(=O)NCCc1ccc(C)cc1C. The van der Waals surface area contributed by atoms with Crippen LogP contribution in [0.3, 0.4) is 0 Å². The number of carbonyl (C=O) groups is 1. The molecule has 0 bridgehead atoms. The van der Waals surface area contributed by atoms with Crippen molar-refractivity contribution in [2.45, 2.75) is 20.3 Å². The lowest BCUT2D eigenvalue weighted by atomic mass is 10.0. The number of hydrogen-bond donors (Lipinski definition) is 2. The number of rotatable bonds is 5. The molecule has 2 N–H and O–H groups in total. The van der Waals surface area contributed by atoms with E-state index in [2.05, 4.69) is 42.7 Å². The fourth-order valence-electron chi connectivity index (χ4n) is 2.38. The molecular formula is C18H21ClN2O2. The summed E-state index contributed by atoms with van der Waals surface area (Å²) in [4.78, 5) is 12.0. The molecule has 0 saturated carbocycles. The van der Waals surface area contributed by atoms with E-state index in [4.69, 9.17) is 16.3 Å². The van der Waals surface area contributed by atoms with E-state index in [0.29, 0.717) is 23.0 Å². The lowest BCUT2D eigenvalue weighted by Gasteiger charge is -2.12. The minimum Gasteiger partial charge on any atom is -0.495 e. The molecule has 2 amide bonds. The molecule has 5 heteroatoms. The summed E-state index contributed by atoms with van der Waals surface area (Å²) in [6.45, 7) is 4.71. The zero-order chi connectivity index (χ0) is 16.8. The molecule has 2 aromatic rings. The number of carbonyl (C=O) groups excluding carboxylic acids is 1. The van der Waals surface area contributed by atoms with Crippen molar-refractivity contribution in [3.05, 3.63) is 58.1 Å². The Morgan fingerprint density at radius 1 is 1.17 bits per heavy atom. The van der Waals surface area contributed by atoms with Gasteiger partial charge in [0.15, 0.2) is 0 Å². The summed E-state index contributed by atoms with van der Waals surface area (Å²) in [5.41, 5.74) is 4.26. The van der Waals surface area contributed by atoms with Gasteiger partial charge in [-0.1, -0.05) is 35.4 Å². The first-order valence-corrected chi connectivity index (χ1v) is 7.82. The second-order valence-electron chi connectivity index (χ2n) is 5.41. The van der Waals surface area contributed by atoms with Crippen LogP contribution in [0.5, 0.6) is 5.75 Å². The van der Waals surface area contributed by atoms with Crippen molar-refractivity contribution in [3.63, 3.8) is 0 Å². The molecule has 23 heavy (non-hydrogen) atoms. The Morgan fingerprint density at radius 3 is 2.65 bits per heavy atom. The van der Waals surface area contributed by atoms with E-state index in [0.717, 1.165) is 6.42 Å². The van der Waals surface area contributed by atoms with E-state index in [1.54, 1.807) is 25.3 Å². The highest BCUT2D eigenvalue weighted by Crippen LogP contribution is 2.27. The topological polar surface area (TPSA) is 50.4 Å². The van der Waals surface area contributed by atoms with Crippen LogP contribution in [0.25, 0.3) is 0 Å². The van der Waals surface area contributed by atoms with E-state index in [1.807, 2.05) is 0 Å². The van der Waals surface area contributed by atoms with E-state index in [-0.39, 0.29) is 6.03 Å². The molecule has 0 radical (unpaired) electrons. The highest BCUT2D eigenvalue weighted by molar-refractivity contribution is 6.31. The highest BCUT2D eigenvalue weighted by Gasteiger charge is 2.08. The molecular weight excluding hydrogens is 312 g/mol. The summed E-state index contributed by atoms with van der Waals surface area (Å²) in [5, 5.41) is 6.13. The molecule has 0 aliphatic rings. The molecule has 2 rings (SSSR count). The summed E-state index contributed by atoms with van der Waals surface area (Å²) in [7, 11) is 1.55. The van der Waals surface area contributed by atoms with Gasteiger partial charge in [-0.25, -0.2) is 4.79 Å². The van der Waals surface area contributed by atoms with Gasteiger partial charge in [-0.15, -0.1) is 0 Å². The first-order valence-electron chi connectivity index (χ1n) is 7.44. The molecule has 0 atom stereocenters. The van der Waals surface area contributed by atoms with Crippen molar-refractivity contribution in [2.75, 3.05) is 19.0 Å². The number of nitrogens with one attached hydrogen (secondary N) is 2. The van der Waals surface area contributed by atoms with Crippen LogP contribution in [0.2, 0.25) is 5.02 Å². The molecule has 0 aliphatic heterocycles. The molecule has 0 unspecified atom stereocenters. The summed E-state index contributed by atoms with van der Waals surface area (Å²) < 4.78 is 5.20. The Kier molecular flexibility index (Phi) is 5.88. The molecule has 2 aromatic carbocycles. The number of methoxy groups -OCH3 is 1. The Labute approximate surface area is 141 Å². The van der Waals surface area contributed by atoms with Crippen molar-refractivity contribution in [3.8, 4) is 5.75 Å². The molecule has 122 valence electrons. The molecule has 0 heterocycles. The van der Waals surface area contributed by atoms with Crippen molar-refractivity contribution in [1.29, 1.82) is 0 Å². The second-order valence-corrected chi connectivity index (χ2v) is 5.84. The van der Waals surface area contributed by atoms with Crippen molar-refractivity contribution in [1.82, 2.24) is 5.32 Å². The maximum atomic E-state index is 12.0. The Morgan fingerprint density at radius 2 is 1.96 bits per heavy atom. The Balaban J connectivity index is 1.89. The van der Waals surface area contributed by atoms with E-state index >= 15 is 0 Å². The third-order valence-electron chi connectivity index (χ3n) is 3.59. The number of benzene rings is 2. The van der Waals surface area contributed by atoms with Gasteiger partial charge in [0.2, 0.25) is 0 Å². The number of aryl methyl sites for hydroxylation is 2. The van der Waals surface area contributed by atoms with Crippen LogP contribution in [0.1, 0.15) is 16.7 Å². The highest BCUT2D eigenvalue weighted by atomic mass is 35.5. The average Bonchev–Trinajstić information content (AvgIpc) is 2.50. The monoisotopic (exact) mass is 332 g/mol. The quantitative estimate of drug-likeness (QED) is 0.856. The number of halogens is 1. The Bertz CT molecular complexity index is 701. The van der Waals surface area contributed by atoms with Crippen LogP contribution in [0.4, 0.5) is 10.5 Å². The maximum Gasteiger partial charge on any atom is 0.319 e. The predicted molar refractivity (Wildman–Crippen MR) is 94.6 cm³/mol. The van der Waals surface area contributed by atoms with Gasteiger partial charge in [0.1, 0.15) is 5.75 Å². The summed E-state index contributed by atoms with van der Waals surface area (Å²) in [6, 6.07) is 11.1. The van der Waals surface area contributed by atoms with Gasteiger partial charge in [-0.05, 0) is 49.6 Å². The first-order chi connectivity index (χ1) is 11.0. The number of urea groups is 1. The van der Waals surface area contributed by atoms with Gasteiger partial charge >= 0.3 is 6.03 Å². The van der Waals surface area contributed by atoms with Crippen molar-refractivity contribution in [2.24, 2.45) is 0 Å². The van der Waals surface area contributed by atoms with E-state index < -0.39 is 0 Å². The maximum absolute atomic E-state index is 12.0. The van der Waals surface area contributed by atoms with Crippen molar-refractivity contribution >= 4 is 23.3 Å². The first kappa shape index (κ1) is 17.2. The van der Waals surface area contributed by atoms with Crippen LogP contribution in [0.15, 0.2) is 36.4 Å². The second kappa shape index (κ2) is 7.88.